The lowest BCUT2D eigenvalue weighted by molar-refractivity contribution is 0.768. The molecular formula is C85H57BN2. The van der Waals surface area contributed by atoms with Gasteiger partial charge in [-0.05, 0) is 119 Å². The van der Waals surface area contributed by atoms with Crippen LogP contribution in [0.5, 0.6) is 0 Å². The molecule has 0 bridgehead atoms. The maximum Gasteiger partial charge on any atom is 0.252 e. The van der Waals surface area contributed by atoms with Crippen molar-refractivity contribution in [1.29, 1.82) is 0 Å². The lowest BCUT2D eigenvalue weighted by atomic mass is 9.33. The van der Waals surface area contributed by atoms with Gasteiger partial charge in [-0.25, -0.2) is 0 Å². The maximum absolute atomic E-state index is 2.69. The van der Waals surface area contributed by atoms with Crippen LogP contribution in [0.2, 0.25) is 0 Å². The van der Waals surface area contributed by atoms with Crippen molar-refractivity contribution in [3.05, 3.63) is 368 Å². The zero-order chi connectivity index (χ0) is 58.1. The first-order valence-corrected chi connectivity index (χ1v) is 30.6. The fourth-order valence-electron chi connectivity index (χ4n) is 15.0. The molecule has 410 valence electrons. The summed E-state index contributed by atoms with van der Waals surface area (Å²) in [6.07, 6.45) is 0. The largest absolute Gasteiger partial charge is 0.310 e. The number of para-hydroxylation sites is 2. The number of fused-ring (bicyclic) bond motifs is 7. The fourth-order valence-corrected chi connectivity index (χ4v) is 15.0. The zero-order valence-electron chi connectivity index (χ0n) is 48.4. The van der Waals surface area contributed by atoms with E-state index in [4.69, 9.17) is 0 Å². The Morgan fingerprint density at radius 3 is 0.886 bits per heavy atom. The van der Waals surface area contributed by atoms with Gasteiger partial charge in [-0.2, -0.15) is 0 Å². The van der Waals surface area contributed by atoms with Gasteiger partial charge >= 0.3 is 0 Å². The second-order valence-corrected chi connectivity index (χ2v) is 23.4. The van der Waals surface area contributed by atoms with Crippen LogP contribution >= 0.6 is 0 Å². The van der Waals surface area contributed by atoms with Crippen LogP contribution in [0.25, 0.3) is 77.9 Å². The second-order valence-electron chi connectivity index (χ2n) is 23.4. The Morgan fingerprint density at radius 2 is 0.523 bits per heavy atom. The molecule has 0 amide bonds. The number of hydrogen-bond acceptors (Lipinski definition) is 2. The van der Waals surface area contributed by atoms with Gasteiger partial charge in [-0.3, -0.25) is 0 Å². The van der Waals surface area contributed by atoms with Gasteiger partial charge in [-0.15, -0.1) is 0 Å². The van der Waals surface area contributed by atoms with Gasteiger partial charge in [0.25, 0.3) is 6.71 Å². The summed E-state index contributed by atoms with van der Waals surface area (Å²) in [7, 11) is 0. The minimum absolute atomic E-state index is 0.199. The van der Waals surface area contributed by atoms with Gasteiger partial charge in [0.1, 0.15) is 0 Å². The molecule has 0 saturated carbocycles. The van der Waals surface area contributed by atoms with Gasteiger partial charge in [0.05, 0.1) is 16.8 Å². The van der Waals surface area contributed by atoms with Crippen LogP contribution in [0.15, 0.2) is 346 Å². The first-order chi connectivity index (χ1) is 43.7. The molecule has 1 aliphatic carbocycles. The maximum atomic E-state index is 2.69. The smallest absolute Gasteiger partial charge is 0.252 e. The second kappa shape index (κ2) is 21.1. The molecule has 0 saturated heterocycles. The van der Waals surface area contributed by atoms with Gasteiger partial charge in [-0.1, -0.05) is 322 Å². The molecule has 3 aliphatic rings. The molecule has 0 radical (unpaired) electrons. The standard InChI is InChI=1S/C85H57BN2/c1-8-28-58(29-9-1)64-50-52-76-78(54-64)87(83-68(60-32-12-3-13-33-60)44-26-45-69(83)61-34-14-4-15-35-61)80-56-67(85(66-40-20-7-21-41-66)74-48-24-22-42-72(74)73-43-23-25-49-75(73)85)57-81-82(80)86(76)77-53-51-65(59-30-10-2-11-31-59)55-79(77)88(81)84-70(62-36-16-5-17-37-62)46-27-47-71(84)63-38-18-6-19-39-63/h1-57H. The van der Waals surface area contributed by atoms with Crippen molar-refractivity contribution in [2.45, 2.75) is 5.41 Å². The monoisotopic (exact) mass is 1120 g/mol. The lowest BCUT2D eigenvalue weighted by Gasteiger charge is -2.47. The Balaban J connectivity index is 1.10. The van der Waals surface area contributed by atoms with Crippen molar-refractivity contribution in [1.82, 2.24) is 0 Å². The number of nitrogens with zero attached hydrogens (tertiary/aromatic N) is 2. The molecule has 0 unspecified atom stereocenters. The van der Waals surface area contributed by atoms with E-state index in [-0.39, 0.29) is 6.71 Å². The van der Waals surface area contributed by atoms with Gasteiger partial charge < -0.3 is 9.80 Å². The average molecular weight is 1120 g/mol. The van der Waals surface area contributed by atoms with Crippen LogP contribution < -0.4 is 26.2 Å². The Morgan fingerprint density at radius 1 is 0.216 bits per heavy atom. The Bertz CT molecular complexity index is 4550. The van der Waals surface area contributed by atoms with Crippen LogP contribution in [0.3, 0.4) is 0 Å². The molecule has 0 fully saturated rings. The van der Waals surface area contributed by atoms with Gasteiger partial charge in [0.15, 0.2) is 0 Å². The summed E-state index contributed by atoms with van der Waals surface area (Å²) < 4.78 is 0. The minimum atomic E-state index is -0.770. The topological polar surface area (TPSA) is 6.48 Å². The highest BCUT2D eigenvalue weighted by Crippen LogP contribution is 2.60. The third kappa shape index (κ3) is 8.05. The summed E-state index contributed by atoms with van der Waals surface area (Å²) in [4.78, 5) is 5.39. The highest BCUT2D eigenvalue weighted by atomic mass is 15.2. The molecule has 17 rings (SSSR count). The molecule has 0 aromatic heterocycles. The Hall–Kier alpha value is -11.3. The molecule has 0 spiro atoms. The van der Waals surface area contributed by atoms with Crippen LogP contribution in [-0.2, 0) is 5.41 Å². The number of benzene rings is 14. The molecule has 2 nitrogen and oxygen atoms in total. The van der Waals surface area contributed by atoms with Crippen molar-refractivity contribution in [2.24, 2.45) is 0 Å². The molecule has 3 heteroatoms. The third-order valence-corrected chi connectivity index (χ3v) is 18.7. The van der Waals surface area contributed by atoms with E-state index in [2.05, 4.69) is 356 Å². The van der Waals surface area contributed by atoms with E-state index in [1.54, 1.807) is 0 Å². The third-order valence-electron chi connectivity index (χ3n) is 18.7. The SMILES string of the molecule is c1ccc(-c2ccc3c(c2)N(c2c(-c4ccccc4)cccc2-c2ccccc2)c2cc(C4(c5ccccc5)c5ccccc5-c5ccccc54)cc4c2B3c2ccc(-c3ccccc3)cc2N4c2c(-c3ccccc3)cccc2-c2ccccc2)cc1. The van der Waals surface area contributed by atoms with Gasteiger partial charge in [0.2, 0.25) is 0 Å². The first kappa shape index (κ1) is 51.2. The highest BCUT2D eigenvalue weighted by Gasteiger charge is 2.50. The summed E-state index contributed by atoms with van der Waals surface area (Å²) >= 11 is 0. The van der Waals surface area contributed by atoms with E-state index in [0.29, 0.717) is 0 Å². The van der Waals surface area contributed by atoms with Crippen LogP contribution in [-0.4, -0.2) is 6.71 Å². The summed E-state index contributed by atoms with van der Waals surface area (Å²) in [5.41, 5.74) is 31.0. The molecule has 2 aliphatic heterocycles. The molecule has 0 atom stereocenters. The number of anilines is 6. The van der Waals surface area contributed by atoms with Crippen molar-refractivity contribution in [3.63, 3.8) is 0 Å². The van der Waals surface area contributed by atoms with Crippen molar-refractivity contribution >= 4 is 57.2 Å². The van der Waals surface area contributed by atoms with E-state index >= 15 is 0 Å². The van der Waals surface area contributed by atoms with E-state index < -0.39 is 5.41 Å². The van der Waals surface area contributed by atoms with E-state index in [0.717, 1.165) is 89.8 Å². The number of hydrogen-bond donors (Lipinski definition) is 0. The summed E-state index contributed by atoms with van der Waals surface area (Å²) in [5, 5.41) is 0. The normalized spacial score (nSPS) is 13.0. The number of rotatable bonds is 10. The summed E-state index contributed by atoms with van der Waals surface area (Å²) in [6.45, 7) is -0.199. The van der Waals surface area contributed by atoms with Crippen LogP contribution in [0.1, 0.15) is 22.3 Å². The molecule has 14 aromatic carbocycles. The van der Waals surface area contributed by atoms with Crippen LogP contribution in [0.4, 0.5) is 34.1 Å². The molecular weight excluding hydrogens is 1060 g/mol. The Labute approximate surface area is 515 Å². The predicted octanol–water partition coefficient (Wildman–Crippen LogP) is 20.1. The van der Waals surface area contributed by atoms with Crippen molar-refractivity contribution in [3.8, 4) is 77.9 Å². The molecule has 14 aromatic rings. The Kier molecular flexibility index (Phi) is 12.3. The first-order valence-electron chi connectivity index (χ1n) is 30.6. The highest BCUT2D eigenvalue weighted by molar-refractivity contribution is 7.00. The molecule has 0 N–H and O–H groups in total. The quantitative estimate of drug-likeness (QED) is 0.126. The van der Waals surface area contributed by atoms with E-state index in [1.807, 2.05) is 0 Å². The van der Waals surface area contributed by atoms with Gasteiger partial charge in [0, 0.05) is 45.0 Å². The molecule has 88 heavy (non-hydrogen) atoms. The van der Waals surface area contributed by atoms with E-state index in [1.165, 1.54) is 60.9 Å². The average Bonchev–Trinajstić information content (AvgIpc) is 1.62. The van der Waals surface area contributed by atoms with Crippen LogP contribution in [0, 0.1) is 0 Å². The molecule has 2 heterocycles. The predicted molar refractivity (Wildman–Crippen MR) is 370 cm³/mol. The fraction of sp³-hybridized carbons (Fsp3) is 0.0118. The van der Waals surface area contributed by atoms with Crippen molar-refractivity contribution < 1.29 is 0 Å². The van der Waals surface area contributed by atoms with E-state index in [9.17, 15) is 0 Å². The summed E-state index contributed by atoms with van der Waals surface area (Å²) in [6, 6.07) is 129. The summed E-state index contributed by atoms with van der Waals surface area (Å²) in [5.74, 6) is 0. The lowest BCUT2D eigenvalue weighted by Crippen LogP contribution is -2.61. The zero-order valence-corrected chi connectivity index (χ0v) is 48.4. The van der Waals surface area contributed by atoms with Crippen molar-refractivity contribution in [2.75, 3.05) is 9.80 Å². The minimum Gasteiger partial charge on any atom is -0.310 e.